The van der Waals surface area contributed by atoms with Gasteiger partial charge in [-0.2, -0.15) is 4.31 Å². The molecule has 11 heteroatoms. The number of hydrogen-bond donors (Lipinski definition) is 1. The van der Waals surface area contributed by atoms with Crippen molar-refractivity contribution >= 4 is 34.0 Å². The summed E-state index contributed by atoms with van der Waals surface area (Å²) in [6, 6.07) is 4.90. The number of hydrogen-bond acceptors (Lipinski definition) is 6. The first kappa shape index (κ1) is 21.5. The monoisotopic (exact) mass is 418 g/mol. The van der Waals surface area contributed by atoms with E-state index in [2.05, 4.69) is 0 Å². The number of rotatable bonds is 5. The van der Waals surface area contributed by atoms with Gasteiger partial charge in [0.05, 0.1) is 16.4 Å². The molecule has 2 aliphatic rings. The van der Waals surface area contributed by atoms with E-state index in [1.165, 1.54) is 25.2 Å². The van der Waals surface area contributed by atoms with Gasteiger partial charge in [-0.25, -0.2) is 8.42 Å². The lowest BCUT2D eigenvalue weighted by Gasteiger charge is -2.22. The number of non-ortho nitro benzene ring substituents is 1. The van der Waals surface area contributed by atoms with Gasteiger partial charge in [0, 0.05) is 38.3 Å². The smallest absolute Gasteiger partial charge is 0.270 e. The number of carbonyl (C=O) groups is 1. The second-order valence-electron chi connectivity index (χ2n) is 6.98. The number of nitrogens with zero attached hydrogens (tertiary/aromatic N) is 3. The third-order valence-corrected chi connectivity index (χ3v) is 7.16. The highest BCUT2D eigenvalue weighted by molar-refractivity contribution is 7.89. The average Bonchev–Trinajstić information content (AvgIpc) is 3.17. The van der Waals surface area contributed by atoms with Crippen LogP contribution in [0.25, 0.3) is 0 Å². The maximum absolute atomic E-state index is 12.6. The topological polar surface area (TPSA) is 127 Å². The third kappa shape index (κ3) is 4.23. The van der Waals surface area contributed by atoms with Crippen LogP contribution < -0.4 is 5.73 Å². The molecule has 2 N–H and O–H groups in total. The fourth-order valence-corrected chi connectivity index (χ4v) is 4.98. The molecule has 150 valence electrons. The van der Waals surface area contributed by atoms with Crippen molar-refractivity contribution in [2.75, 3.05) is 26.7 Å². The fourth-order valence-electron chi connectivity index (χ4n) is 3.82. The summed E-state index contributed by atoms with van der Waals surface area (Å²) in [5, 5.41) is 10.8. The van der Waals surface area contributed by atoms with E-state index in [4.69, 9.17) is 5.73 Å². The largest absolute Gasteiger partial charge is 0.341 e. The summed E-state index contributed by atoms with van der Waals surface area (Å²) in [6.07, 6.45) is 1.97. The Labute approximate surface area is 164 Å². The fraction of sp³-hybridized carbons (Fsp3) is 0.562. The summed E-state index contributed by atoms with van der Waals surface area (Å²) in [5.74, 6) is 0.411. The van der Waals surface area contributed by atoms with E-state index in [-0.39, 0.29) is 47.4 Å². The zero-order chi connectivity index (χ0) is 19.1. The van der Waals surface area contributed by atoms with Crippen molar-refractivity contribution in [3.63, 3.8) is 0 Å². The van der Waals surface area contributed by atoms with Crippen LogP contribution >= 0.6 is 12.4 Å². The van der Waals surface area contributed by atoms with E-state index in [0.29, 0.717) is 19.0 Å². The van der Waals surface area contributed by atoms with E-state index in [9.17, 15) is 23.3 Å². The molecule has 0 bridgehead atoms. The Morgan fingerprint density at radius 2 is 2.07 bits per heavy atom. The molecule has 0 spiro atoms. The number of amides is 1. The van der Waals surface area contributed by atoms with Gasteiger partial charge in [0.15, 0.2) is 0 Å². The van der Waals surface area contributed by atoms with Crippen molar-refractivity contribution in [1.29, 1.82) is 0 Å². The Bertz CT molecular complexity index is 834. The molecule has 3 rings (SSSR count). The van der Waals surface area contributed by atoms with Crippen LogP contribution in [-0.2, 0) is 14.8 Å². The first-order chi connectivity index (χ1) is 12.2. The van der Waals surface area contributed by atoms with Gasteiger partial charge in [0.2, 0.25) is 15.9 Å². The standard InChI is InChI=1S/C16H22N4O5S.ClH/c1-18(26(24,25)13-4-2-3-12(7-13)20(22)23)10-16(21)19-8-11-5-6-15(17)14(11)9-19;/h2-4,7,11,14-15H,5-6,8-10,17H2,1H3;1H. The van der Waals surface area contributed by atoms with Crippen LogP contribution in [0, 0.1) is 22.0 Å². The molecule has 1 aliphatic carbocycles. The molecule has 0 aromatic heterocycles. The number of benzene rings is 1. The number of carbonyl (C=O) groups excluding carboxylic acids is 1. The van der Waals surface area contributed by atoms with Gasteiger partial charge in [-0.15, -0.1) is 12.4 Å². The van der Waals surface area contributed by atoms with Gasteiger partial charge in [-0.05, 0) is 30.7 Å². The Balaban J connectivity index is 0.00000261. The molecule has 1 heterocycles. The van der Waals surface area contributed by atoms with Crippen LogP contribution in [-0.4, -0.2) is 61.2 Å². The molecular formula is C16H23ClN4O5S. The number of sulfonamides is 1. The summed E-state index contributed by atoms with van der Waals surface area (Å²) >= 11 is 0. The lowest BCUT2D eigenvalue weighted by atomic mass is 9.98. The Morgan fingerprint density at radius 1 is 1.37 bits per heavy atom. The molecule has 1 aromatic rings. The van der Waals surface area contributed by atoms with Crippen LogP contribution in [0.3, 0.4) is 0 Å². The van der Waals surface area contributed by atoms with Crippen LogP contribution in [0.4, 0.5) is 5.69 Å². The maximum Gasteiger partial charge on any atom is 0.270 e. The number of likely N-dealkylation sites (N-methyl/N-ethyl adjacent to an activating group) is 1. The number of nitrogens with two attached hydrogens (primary N) is 1. The minimum Gasteiger partial charge on any atom is -0.341 e. The van der Waals surface area contributed by atoms with Crippen LogP contribution in [0.15, 0.2) is 29.2 Å². The molecule has 1 saturated carbocycles. The molecule has 3 unspecified atom stereocenters. The Hall–Kier alpha value is -1.75. The Kier molecular flexibility index (Phi) is 6.46. The molecule has 2 fully saturated rings. The van der Waals surface area contributed by atoms with E-state index in [1.54, 1.807) is 4.90 Å². The molecular weight excluding hydrogens is 396 g/mol. The number of fused-ring (bicyclic) bond motifs is 1. The van der Waals surface area contributed by atoms with Gasteiger partial charge in [0.25, 0.3) is 5.69 Å². The van der Waals surface area contributed by atoms with E-state index in [1.807, 2.05) is 0 Å². The van der Waals surface area contributed by atoms with Crippen LogP contribution in [0.5, 0.6) is 0 Å². The lowest BCUT2D eigenvalue weighted by molar-refractivity contribution is -0.385. The van der Waals surface area contributed by atoms with Gasteiger partial charge in [-0.1, -0.05) is 6.07 Å². The summed E-state index contributed by atoms with van der Waals surface area (Å²) in [6.45, 7) is 0.872. The second-order valence-corrected chi connectivity index (χ2v) is 9.02. The predicted molar refractivity (Wildman–Crippen MR) is 101 cm³/mol. The van der Waals surface area contributed by atoms with Gasteiger partial charge >= 0.3 is 0 Å². The minimum atomic E-state index is -3.99. The summed E-state index contributed by atoms with van der Waals surface area (Å²) in [4.78, 5) is 24.2. The zero-order valence-corrected chi connectivity index (χ0v) is 16.5. The van der Waals surface area contributed by atoms with Crippen molar-refractivity contribution in [3.05, 3.63) is 34.4 Å². The van der Waals surface area contributed by atoms with Crippen molar-refractivity contribution in [3.8, 4) is 0 Å². The predicted octanol–water partition coefficient (Wildman–Crippen LogP) is 0.833. The number of likely N-dealkylation sites (tertiary alicyclic amines) is 1. The molecule has 1 aromatic carbocycles. The molecule has 3 atom stereocenters. The van der Waals surface area contributed by atoms with Crippen LogP contribution in [0.1, 0.15) is 12.8 Å². The van der Waals surface area contributed by atoms with Crippen molar-refractivity contribution in [2.45, 2.75) is 23.8 Å². The first-order valence-electron chi connectivity index (χ1n) is 8.44. The van der Waals surface area contributed by atoms with E-state index >= 15 is 0 Å². The molecule has 1 aliphatic heterocycles. The summed E-state index contributed by atoms with van der Waals surface area (Å²) in [7, 11) is -2.69. The number of nitro benzene ring substituents is 1. The minimum absolute atomic E-state index is 0. The highest BCUT2D eigenvalue weighted by Crippen LogP contribution is 2.37. The van der Waals surface area contributed by atoms with E-state index in [0.717, 1.165) is 23.2 Å². The lowest BCUT2D eigenvalue weighted by Crippen LogP contribution is -2.41. The number of nitro groups is 1. The van der Waals surface area contributed by atoms with Crippen molar-refractivity contribution in [1.82, 2.24) is 9.21 Å². The summed E-state index contributed by atoms with van der Waals surface area (Å²) < 4.78 is 26.2. The van der Waals surface area contributed by atoms with Crippen molar-refractivity contribution in [2.24, 2.45) is 17.6 Å². The third-order valence-electron chi connectivity index (χ3n) is 5.36. The zero-order valence-electron chi connectivity index (χ0n) is 14.9. The van der Waals surface area contributed by atoms with Crippen molar-refractivity contribution < 1.29 is 18.1 Å². The highest BCUT2D eigenvalue weighted by Gasteiger charge is 2.42. The van der Waals surface area contributed by atoms with Gasteiger partial charge < -0.3 is 10.6 Å². The summed E-state index contributed by atoms with van der Waals surface area (Å²) in [5.41, 5.74) is 5.76. The maximum atomic E-state index is 12.6. The quantitative estimate of drug-likeness (QED) is 0.557. The normalized spacial score (nSPS) is 24.6. The molecule has 9 nitrogen and oxygen atoms in total. The van der Waals surface area contributed by atoms with Gasteiger partial charge in [0.1, 0.15) is 0 Å². The first-order valence-corrected chi connectivity index (χ1v) is 9.88. The van der Waals surface area contributed by atoms with E-state index < -0.39 is 14.9 Å². The Morgan fingerprint density at radius 3 is 2.70 bits per heavy atom. The molecule has 1 saturated heterocycles. The molecule has 0 radical (unpaired) electrons. The molecule has 1 amide bonds. The number of halogens is 1. The second kappa shape index (κ2) is 8.09. The highest BCUT2D eigenvalue weighted by atomic mass is 35.5. The van der Waals surface area contributed by atoms with Gasteiger partial charge in [-0.3, -0.25) is 14.9 Å². The SMILES string of the molecule is CN(CC(=O)N1CC2CCC(N)C2C1)S(=O)(=O)c1cccc([N+](=O)[O-])c1.Cl. The van der Waals surface area contributed by atoms with Crippen LogP contribution in [0.2, 0.25) is 0 Å². The average molecular weight is 419 g/mol. The molecule has 27 heavy (non-hydrogen) atoms.